The van der Waals surface area contributed by atoms with E-state index >= 15 is 0 Å². The van der Waals surface area contributed by atoms with Crippen LogP contribution < -0.4 is 5.32 Å². The van der Waals surface area contributed by atoms with Crippen LogP contribution in [0.15, 0.2) is 12.1 Å². The van der Waals surface area contributed by atoms with Crippen LogP contribution in [-0.2, 0) is 0 Å². The Morgan fingerprint density at radius 1 is 1.50 bits per heavy atom. The molecule has 1 N–H and O–H groups in total. The van der Waals surface area contributed by atoms with Gasteiger partial charge in [-0.05, 0) is 51.3 Å². The summed E-state index contributed by atoms with van der Waals surface area (Å²) in [5.74, 6) is 0.957. The summed E-state index contributed by atoms with van der Waals surface area (Å²) in [7, 11) is 0. The highest BCUT2D eigenvalue weighted by Crippen LogP contribution is 2.27. The number of hydrogen-bond acceptors (Lipinski definition) is 2. The lowest BCUT2D eigenvalue weighted by Gasteiger charge is -2.27. The van der Waals surface area contributed by atoms with Gasteiger partial charge >= 0.3 is 0 Å². The van der Waals surface area contributed by atoms with Crippen LogP contribution >= 0.6 is 11.3 Å². The number of rotatable bonds is 4. The number of nitrogens with one attached hydrogen (secondary N) is 1. The summed E-state index contributed by atoms with van der Waals surface area (Å²) in [6.45, 7) is 5.65. The predicted molar refractivity (Wildman–Crippen MR) is 62.8 cm³/mol. The molecule has 0 radical (unpaired) electrons. The van der Waals surface area contributed by atoms with Crippen LogP contribution in [0.4, 0.5) is 0 Å². The van der Waals surface area contributed by atoms with Crippen molar-refractivity contribution < 1.29 is 0 Å². The van der Waals surface area contributed by atoms with Crippen molar-refractivity contribution in [1.29, 1.82) is 0 Å². The van der Waals surface area contributed by atoms with Gasteiger partial charge in [0.2, 0.25) is 0 Å². The van der Waals surface area contributed by atoms with E-state index in [1.165, 1.54) is 35.6 Å². The zero-order valence-electron chi connectivity index (χ0n) is 9.05. The third-order valence-electron chi connectivity index (χ3n) is 3.13. The minimum atomic E-state index is 0.536. The molecule has 2 rings (SSSR count). The molecule has 1 unspecified atom stereocenters. The Morgan fingerprint density at radius 2 is 2.29 bits per heavy atom. The molecule has 2 heteroatoms. The van der Waals surface area contributed by atoms with Gasteiger partial charge in [-0.3, -0.25) is 0 Å². The zero-order chi connectivity index (χ0) is 9.97. The zero-order valence-corrected chi connectivity index (χ0v) is 9.86. The molecule has 0 amide bonds. The maximum absolute atomic E-state index is 3.62. The highest BCUT2D eigenvalue weighted by molar-refractivity contribution is 7.12. The Morgan fingerprint density at radius 3 is 2.79 bits per heavy atom. The molecule has 0 saturated heterocycles. The second-order valence-corrected chi connectivity index (χ2v) is 5.69. The topological polar surface area (TPSA) is 12.0 Å². The predicted octanol–water partition coefficient (Wildman–Crippen LogP) is 3.51. The second-order valence-electron chi connectivity index (χ2n) is 4.38. The Bertz CT molecular complexity index is 288. The summed E-state index contributed by atoms with van der Waals surface area (Å²) >= 11 is 1.91. The number of thiophene rings is 1. The molecular formula is C12H19NS. The van der Waals surface area contributed by atoms with Crippen molar-refractivity contribution in [2.24, 2.45) is 5.92 Å². The highest BCUT2D eigenvalue weighted by atomic mass is 32.1. The number of aryl methyl sites for hydroxylation is 1. The van der Waals surface area contributed by atoms with Crippen LogP contribution in [-0.4, -0.2) is 6.54 Å². The minimum Gasteiger partial charge on any atom is -0.309 e. The van der Waals surface area contributed by atoms with Crippen molar-refractivity contribution in [1.82, 2.24) is 5.32 Å². The fourth-order valence-electron chi connectivity index (χ4n) is 1.83. The molecule has 0 bridgehead atoms. The fraction of sp³-hybridized carbons (Fsp3) is 0.667. The SMILES string of the molecule is Cc1ccc(C(C)NCC2CCC2)s1. The molecule has 1 nitrogen and oxygen atoms in total. The summed E-state index contributed by atoms with van der Waals surface area (Å²) < 4.78 is 0. The van der Waals surface area contributed by atoms with Crippen LogP contribution in [0.25, 0.3) is 0 Å². The Labute approximate surface area is 90.5 Å². The van der Waals surface area contributed by atoms with Gasteiger partial charge in [0.15, 0.2) is 0 Å². The van der Waals surface area contributed by atoms with Crippen molar-refractivity contribution in [3.63, 3.8) is 0 Å². The van der Waals surface area contributed by atoms with Crippen LogP contribution in [0.2, 0.25) is 0 Å². The monoisotopic (exact) mass is 209 g/mol. The van der Waals surface area contributed by atoms with Crippen LogP contribution in [0.5, 0.6) is 0 Å². The lowest BCUT2D eigenvalue weighted by Crippen LogP contribution is -2.28. The average molecular weight is 209 g/mol. The first kappa shape index (κ1) is 10.2. The summed E-state index contributed by atoms with van der Waals surface area (Å²) in [6.07, 6.45) is 4.31. The maximum atomic E-state index is 3.62. The largest absolute Gasteiger partial charge is 0.309 e. The third kappa shape index (κ3) is 2.37. The van der Waals surface area contributed by atoms with Crippen molar-refractivity contribution in [3.8, 4) is 0 Å². The molecule has 1 fully saturated rings. The molecule has 1 aromatic rings. The van der Waals surface area contributed by atoms with Gasteiger partial charge in [-0.15, -0.1) is 11.3 Å². The maximum Gasteiger partial charge on any atom is 0.0386 e. The molecule has 14 heavy (non-hydrogen) atoms. The molecule has 1 heterocycles. The van der Waals surface area contributed by atoms with Crippen LogP contribution in [0, 0.1) is 12.8 Å². The van der Waals surface area contributed by atoms with Gasteiger partial charge in [-0.25, -0.2) is 0 Å². The Kier molecular flexibility index (Phi) is 3.24. The molecule has 0 aromatic carbocycles. The van der Waals surface area contributed by atoms with E-state index in [2.05, 4.69) is 31.3 Å². The summed E-state index contributed by atoms with van der Waals surface area (Å²) in [4.78, 5) is 2.89. The van der Waals surface area contributed by atoms with E-state index in [1.54, 1.807) is 0 Å². The van der Waals surface area contributed by atoms with Gasteiger partial charge in [0.05, 0.1) is 0 Å². The van der Waals surface area contributed by atoms with Gasteiger partial charge in [0.1, 0.15) is 0 Å². The average Bonchev–Trinajstić information content (AvgIpc) is 2.49. The Hall–Kier alpha value is -0.340. The first-order valence-electron chi connectivity index (χ1n) is 5.55. The van der Waals surface area contributed by atoms with E-state index in [1.807, 2.05) is 11.3 Å². The van der Waals surface area contributed by atoms with Crippen molar-refractivity contribution >= 4 is 11.3 Å². The molecule has 78 valence electrons. The molecular weight excluding hydrogens is 190 g/mol. The lowest BCUT2D eigenvalue weighted by atomic mass is 9.85. The first-order valence-corrected chi connectivity index (χ1v) is 6.37. The van der Waals surface area contributed by atoms with E-state index in [9.17, 15) is 0 Å². The fourth-order valence-corrected chi connectivity index (χ4v) is 2.73. The quantitative estimate of drug-likeness (QED) is 0.800. The molecule has 0 aliphatic heterocycles. The van der Waals surface area contributed by atoms with Gasteiger partial charge in [0, 0.05) is 15.8 Å². The molecule has 1 aliphatic rings. The summed E-state index contributed by atoms with van der Waals surface area (Å²) in [5, 5.41) is 3.62. The van der Waals surface area contributed by atoms with E-state index in [0.29, 0.717) is 6.04 Å². The molecule has 1 saturated carbocycles. The minimum absolute atomic E-state index is 0.536. The van der Waals surface area contributed by atoms with Gasteiger partial charge in [-0.1, -0.05) is 6.42 Å². The molecule has 1 aliphatic carbocycles. The highest BCUT2D eigenvalue weighted by Gasteiger charge is 2.18. The third-order valence-corrected chi connectivity index (χ3v) is 4.31. The smallest absolute Gasteiger partial charge is 0.0386 e. The van der Waals surface area contributed by atoms with Crippen molar-refractivity contribution in [3.05, 3.63) is 21.9 Å². The van der Waals surface area contributed by atoms with E-state index < -0.39 is 0 Å². The van der Waals surface area contributed by atoms with E-state index in [0.717, 1.165) is 5.92 Å². The standard InChI is InChI=1S/C12H19NS/c1-9-6-7-12(14-9)10(2)13-8-11-4-3-5-11/h6-7,10-11,13H,3-5,8H2,1-2H3. The summed E-state index contributed by atoms with van der Waals surface area (Å²) in [5.41, 5.74) is 0. The molecule has 1 atom stereocenters. The Balaban J connectivity index is 1.79. The normalized spacial score (nSPS) is 19.3. The lowest BCUT2D eigenvalue weighted by molar-refractivity contribution is 0.293. The van der Waals surface area contributed by atoms with Crippen LogP contribution in [0.1, 0.15) is 42.0 Å². The molecule has 0 spiro atoms. The van der Waals surface area contributed by atoms with Crippen molar-refractivity contribution in [2.75, 3.05) is 6.54 Å². The first-order chi connectivity index (χ1) is 6.75. The second kappa shape index (κ2) is 4.45. The van der Waals surface area contributed by atoms with Gasteiger partial charge in [-0.2, -0.15) is 0 Å². The number of hydrogen-bond donors (Lipinski definition) is 1. The van der Waals surface area contributed by atoms with Gasteiger partial charge in [0.25, 0.3) is 0 Å². The van der Waals surface area contributed by atoms with E-state index in [4.69, 9.17) is 0 Å². The van der Waals surface area contributed by atoms with Crippen molar-refractivity contribution in [2.45, 2.75) is 39.2 Å². The van der Waals surface area contributed by atoms with E-state index in [-0.39, 0.29) is 0 Å². The molecule has 1 aromatic heterocycles. The van der Waals surface area contributed by atoms with Crippen LogP contribution in [0.3, 0.4) is 0 Å². The van der Waals surface area contributed by atoms with Gasteiger partial charge < -0.3 is 5.32 Å². The summed E-state index contributed by atoms with van der Waals surface area (Å²) in [6, 6.07) is 4.99.